The fraction of sp³-hybridized carbons (Fsp3) is 0.118. The van der Waals surface area contributed by atoms with E-state index in [4.69, 9.17) is 11.6 Å². The molecule has 0 aliphatic rings. The molecule has 0 aliphatic heterocycles. The first-order chi connectivity index (χ1) is 11.7. The molecule has 0 unspecified atom stereocenters. The van der Waals surface area contributed by atoms with Crippen molar-refractivity contribution in [3.8, 4) is 0 Å². The van der Waals surface area contributed by atoms with Crippen LogP contribution in [0.2, 0.25) is 5.02 Å². The van der Waals surface area contributed by atoms with E-state index in [0.717, 1.165) is 27.0 Å². The summed E-state index contributed by atoms with van der Waals surface area (Å²) in [6.45, 7) is 2.77. The van der Waals surface area contributed by atoms with Crippen LogP contribution in [-0.4, -0.2) is 15.5 Å². The number of thiazole rings is 2. The number of aromatic nitrogens is 2. The topological polar surface area (TPSA) is 47.2 Å². The molecular weight excluding hydrogens is 362 g/mol. The molecular formula is C17H12ClN3OS2. The van der Waals surface area contributed by atoms with Crippen LogP contribution in [0.25, 0.3) is 20.4 Å². The first-order valence-electron chi connectivity index (χ1n) is 7.37. The van der Waals surface area contributed by atoms with Crippen LogP contribution in [0.1, 0.15) is 17.3 Å². The van der Waals surface area contributed by atoms with Crippen molar-refractivity contribution in [1.82, 2.24) is 9.55 Å². The third-order valence-electron chi connectivity index (χ3n) is 3.74. The molecule has 2 aromatic carbocycles. The summed E-state index contributed by atoms with van der Waals surface area (Å²) in [7, 11) is 0. The standard InChI is InChI=1S/C17H12ClN3OS2/c1-2-21-13-6-4-11(18)8-15(13)24-17(21)20-16(22)10-3-5-12-14(7-10)23-9-19-12/h3-9H,2H2,1H3. The van der Waals surface area contributed by atoms with Crippen LogP contribution in [0.4, 0.5) is 0 Å². The number of benzene rings is 2. The number of nitrogens with zero attached hydrogens (tertiary/aromatic N) is 3. The number of hydrogen-bond acceptors (Lipinski definition) is 4. The Morgan fingerprint density at radius 1 is 1.25 bits per heavy atom. The summed E-state index contributed by atoms with van der Waals surface area (Å²) in [4.78, 5) is 21.8. The van der Waals surface area contributed by atoms with Gasteiger partial charge in [-0.25, -0.2) is 4.98 Å². The number of hydrogen-bond donors (Lipinski definition) is 0. The second-order valence-electron chi connectivity index (χ2n) is 5.19. The SMILES string of the molecule is CCn1c(=NC(=O)c2ccc3ncsc3c2)sc2cc(Cl)ccc21. The second-order valence-corrected chi connectivity index (χ2v) is 7.52. The fourth-order valence-corrected chi connectivity index (χ4v) is 4.66. The normalized spacial score (nSPS) is 12.3. The maximum Gasteiger partial charge on any atom is 0.279 e. The van der Waals surface area contributed by atoms with E-state index in [0.29, 0.717) is 15.4 Å². The van der Waals surface area contributed by atoms with E-state index in [1.807, 2.05) is 41.8 Å². The van der Waals surface area contributed by atoms with Crippen LogP contribution in [0.15, 0.2) is 46.9 Å². The van der Waals surface area contributed by atoms with E-state index in [1.165, 1.54) is 22.7 Å². The van der Waals surface area contributed by atoms with Crippen molar-refractivity contribution in [3.05, 3.63) is 57.3 Å². The van der Waals surface area contributed by atoms with Crippen molar-refractivity contribution in [2.75, 3.05) is 0 Å². The van der Waals surface area contributed by atoms with Gasteiger partial charge in [0.15, 0.2) is 4.80 Å². The molecule has 7 heteroatoms. The highest BCUT2D eigenvalue weighted by molar-refractivity contribution is 7.17. The van der Waals surface area contributed by atoms with Gasteiger partial charge in [0, 0.05) is 17.1 Å². The molecule has 4 nitrogen and oxygen atoms in total. The molecule has 24 heavy (non-hydrogen) atoms. The van der Waals surface area contributed by atoms with Gasteiger partial charge in [0.05, 0.1) is 25.9 Å². The molecule has 4 aromatic rings. The number of carbonyl (C=O) groups excluding carboxylic acids is 1. The summed E-state index contributed by atoms with van der Waals surface area (Å²) < 4.78 is 4.04. The molecule has 0 radical (unpaired) electrons. The van der Waals surface area contributed by atoms with Crippen molar-refractivity contribution in [1.29, 1.82) is 0 Å². The number of halogens is 1. The third-order valence-corrected chi connectivity index (χ3v) is 5.80. The number of amides is 1. The monoisotopic (exact) mass is 373 g/mol. The number of rotatable bonds is 2. The van der Waals surface area contributed by atoms with Gasteiger partial charge in [-0.3, -0.25) is 4.79 Å². The third kappa shape index (κ3) is 2.66. The predicted octanol–water partition coefficient (Wildman–Crippen LogP) is 4.73. The summed E-state index contributed by atoms with van der Waals surface area (Å²) in [5.74, 6) is -0.245. The minimum atomic E-state index is -0.245. The molecule has 0 saturated carbocycles. The molecule has 0 N–H and O–H groups in total. The van der Waals surface area contributed by atoms with Gasteiger partial charge < -0.3 is 4.57 Å². The Morgan fingerprint density at radius 2 is 2.12 bits per heavy atom. The molecule has 2 aromatic heterocycles. The van der Waals surface area contributed by atoms with Crippen molar-refractivity contribution in [3.63, 3.8) is 0 Å². The van der Waals surface area contributed by atoms with E-state index < -0.39 is 0 Å². The largest absolute Gasteiger partial charge is 0.317 e. The number of fused-ring (bicyclic) bond motifs is 2. The summed E-state index contributed by atoms with van der Waals surface area (Å²) in [5, 5.41) is 0.681. The maximum atomic E-state index is 12.6. The molecule has 0 saturated heterocycles. The Kier molecular flexibility index (Phi) is 3.96. The fourth-order valence-electron chi connectivity index (χ4n) is 2.58. The molecule has 0 spiro atoms. The molecule has 120 valence electrons. The lowest BCUT2D eigenvalue weighted by molar-refractivity contribution is 0.0998. The van der Waals surface area contributed by atoms with Gasteiger partial charge in [0.2, 0.25) is 0 Å². The maximum absolute atomic E-state index is 12.6. The minimum Gasteiger partial charge on any atom is -0.317 e. The first-order valence-corrected chi connectivity index (χ1v) is 9.44. The highest BCUT2D eigenvalue weighted by Gasteiger charge is 2.10. The first kappa shape index (κ1) is 15.5. The molecule has 0 atom stereocenters. The summed E-state index contributed by atoms with van der Waals surface area (Å²) in [5.41, 5.74) is 4.29. The molecule has 0 fully saturated rings. The zero-order valence-corrected chi connectivity index (χ0v) is 15.1. The average molecular weight is 374 g/mol. The lowest BCUT2D eigenvalue weighted by atomic mass is 10.2. The summed E-state index contributed by atoms with van der Waals surface area (Å²) >= 11 is 9.05. The Morgan fingerprint density at radius 3 is 2.96 bits per heavy atom. The van der Waals surface area contributed by atoms with Crippen molar-refractivity contribution in [2.24, 2.45) is 4.99 Å². The lowest BCUT2D eigenvalue weighted by Gasteiger charge is -2.00. The van der Waals surface area contributed by atoms with Gasteiger partial charge in [0.25, 0.3) is 5.91 Å². The van der Waals surface area contributed by atoms with Crippen LogP contribution >= 0.6 is 34.3 Å². The van der Waals surface area contributed by atoms with E-state index in [2.05, 4.69) is 9.98 Å². The highest BCUT2D eigenvalue weighted by Crippen LogP contribution is 2.22. The van der Waals surface area contributed by atoms with Crippen LogP contribution in [0, 0.1) is 0 Å². The van der Waals surface area contributed by atoms with Crippen LogP contribution in [0.5, 0.6) is 0 Å². The van der Waals surface area contributed by atoms with Crippen LogP contribution in [-0.2, 0) is 6.54 Å². The summed E-state index contributed by atoms with van der Waals surface area (Å²) in [6, 6.07) is 11.2. The van der Waals surface area contributed by atoms with Crippen molar-refractivity contribution in [2.45, 2.75) is 13.5 Å². The van der Waals surface area contributed by atoms with Gasteiger partial charge in [-0.2, -0.15) is 4.99 Å². The zero-order chi connectivity index (χ0) is 16.7. The average Bonchev–Trinajstić information content (AvgIpc) is 3.17. The second kappa shape index (κ2) is 6.12. The van der Waals surface area contributed by atoms with Crippen LogP contribution in [0.3, 0.4) is 0 Å². The Balaban J connectivity index is 1.84. The lowest BCUT2D eigenvalue weighted by Crippen LogP contribution is -2.15. The van der Waals surface area contributed by atoms with Crippen LogP contribution < -0.4 is 4.80 Å². The van der Waals surface area contributed by atoms with Gasteiger partial charge in [-0.15, -0.1) is 11.3 Å². The Hall–Kier alpha value is -2.02. The number of aryl methyl sites for hydroxylation is 1. The minimum absolute atomic E-state index is 0.245. The zero-order valence-electron chi connectivity index (χ0n) is 12.7. The highest BCUT2D eigenvalue weighted by atomic mass is 35.5. The molecule has 4 rings (SSSR count). The Bertz CT molecular complexity index is 1140. The Labute approximate surface area is 150 Å². The van der Waals surface area contributed by atoms with E-state index >= 15 is 0 Å². The predicted molar refractivity (Wildman–Crippen MR) is 100 cm³/mol. The van der Waals surface area contributed by atoms with Crippen molar-refractivity contribution >= 4 is 60.6 Å². The number of carbonyl (C=O) groups is 1. The van der Waals surface area contributed by atoms with Gasteiger partial charge >= 0.3 is 0 Å². The summed E-state index contributed by atoms with van der Waals surface area (Å²) in [6.07, 6.45) is 0. The van der Waals surface area contributed by atoms with Gasteiger partial charge in [0.1, 0.15) is 0 Å². The van der Waals surface area contributed by atoms with Gasteiger partial charge in [-0.05, 0) is 43.3 Å². The van der Waals surface area contributed by atoms with Crippen molar-refractivity contribution < 1.29 is 4.79 Å². The van der Waals surface area contributed by atoms with E-state index in [-0.39, 0.29) is 5.91 Å². The molecule has 0 aliphatic carbocycles. The molecule has 0 bridgehead atoms. The van der Waals surface area contributed by atoms with E-state index in [9.17, 15) is 4.79 Å². The smallest absolute Gasteiger partial charge is 0.279 e. The molecule has 2 heterocycles. The van der Waals surface area contributed by atoms with Gasteiger partial charge in [-0.1, -0.05) is 22.9 Å². The van der Waals surface area contributed by atoms with E-state index in [1.54, 1.807) is 11.6 Å². The quantitative estimate of drug-likeness (QED) is 0.510. The molecule has 1 amide bonds.